The van der Waals surface area contributed by atoms with Gasteiger partial charge in [-0.05, 0) is 25.8 Å². The first-order valence-corrected chi connectivity index (χ1v) is 8.44. The molecule has 120 valence electrons. The van der Waals surface area contributed by atoms with Crippen LogP contribution in [0.25, 0.3) is 0 Å². The van der Waals surface area contributed by atoms with Crippen LogP contribution in [0.4, 0.5) is 4.79 Å². The van der Waals surface area contributed by atoms with Crippen LogP contribution in [0.15, 0.2) is 0 Å². The summed E-state index contributed by atoms with van der Waals surface area (Å²) in [5, 5.41) is 6.18. The first-order valence-electron chi connectivity index (χ1n) is 8.44. The average molecular weight is 295 g/mol. The molecule has 5 heteroatoms. The fraction of sp³-hybridized carbons (Fsp3) is 0.938. The fourth-order valence-corrected chi connectivity index (χ4v) is 4.16. The molecule has 21 heavy (non-hydrogen) atoms. The molecule has 1 aliphatic heterocycles. The number of hydrogen-bond acceptors (Lipinski definition) is 3. The van der Waals surface area contributed by atoms with Crippen molar-refractivity contribution in [1.29, 1.82) is 0 Å². The summed E-state index contributed by atoms with van der Waals surface area (Å²) in [6, 6.07) is 0.989. The van der Waals surface area contributed by atoms with Crippen LogP contribution in [-0.4, -0.2) is 55.4 Å². The number of urea groups is 1. The largest absolute Gasteiger partial charge is 0.377 e. The maximum absolute atomic E-state index is 12.1. The first-order chi connectivity index (χ1) is 10.0. The second kappa shape index (κ2) is 5.76. The van der Waals surface area contributed by atoms with Crippen LogP contribution in [-0.2, 0) is 4.74 Å². The third-order valence-electron chi connectivity index (χ3n) is 5.54. The maximum atomic E-state index is 12.1. The number of rotatable bonds is 6. The van der Waals surface area contributed by atoms with Gasteiger partial charge in [-0.15, -0.1) is 0 Å². The quantitative estimate of drug-likeness (QED) is 0.782. The number of hydrogen-bond donors (Lipinski definition) is 2. The molecule has 2 saturated carbocycles. The molecule has 3 atom stereocenters. The highest BCUT2D eigenvalue weighted by Gasteiger charge is 2.59. The van der Waals surface area contributed by atoms with Crippen molar-refractivity contribution in [3.05, 3.63) is 0 Å². The number of nitrogens with one attached hydrogen (secondary N) is 2. The smallest absolute Gasteiger partial charge is 0.315 e. The topological polar surface area (TPSA) is 53.6 Å². The van der Waals surface area contributed by atoms with Crippen LogP contribution in [0, 0.1) is 11.3 Å². The molecule has 3 rings (SSSR count). The molecule has 3 fully saturated rings. The molecule has 0 aromatic rings. The number of fused-ring (bicyclic) bond motifs is 1. The molecule has 0 unspecified atom stereocenters. The molecular formula is C16H29N3O2. The van der Waals surface area contributed by atoms with Gasteiger partial charge in [0.05, 0.1) is 6.10 Å². The van der Waals surface area contributed by atoms with Crippen molar-refractivity contribution in [2.45, 2.75) is 58.2 Å². The Morgan fingerprint density at radius 3 is 2.76 bits per heavy atom. The Labute approximate surface area is 127 Å². The van der Waals surface area contributed by atoms with Crippen LogP contribution in [0.2, 0.25) is 0 Å². The molecule has 0 spiro atoms. The van der Waals surface area contributed by atoms with Gasteiger partial charge in [-0.3, -0.25) is 4.90 Å². The summed E-state index contributed by atoms with van der Waals surface area (Å²) in [6.07, 6.45) is 4.04. The Morgan fingerprint density at radius 2 is 2.10 bits per heavy atom. The zero-order chi connectivity index (χ0) is 15.0. The summed E-state index contributed by atoms with van der Waals surface area (Å²) < 4.78 is 5.76. The zero-order valence-corrected chi connectivity index (χ0v) is 13.5. The van der Waals surface area contributed by atoms with Crippen molar-refractivity contribution in [2.24, 2.45) is 11.3 Å². The van der Waals surface area contributed by atoms with Crippen LogP contribution in [0.1, 0.15) is 40.0 Å². The maximum Gasteiger partial charge on any atom is 0.315 e. The molecule has 0 bridgehead atoms. The van der Waals surface area contributed by atoms with Gasteiger partial charge in [0, 0.05) is 43.1 Å². The summed E-state index contributed by atoms with van der Waals surface area (Å²) in [5.41, 5.74) is 0.0575. The molecule has 0 radical (unpaired) electrons. The number of ether oxygens (including phenoxy) is 1. The monoisotopic (exact) mass is 295 g/mol. The number of carbonyl (C=O) groups excluding carboxylic acids is 1. The second-order valence-corrected chi connectivity index (χ2v) is 7.30. The lowest BCUT2D eigenvalue weighted by molar-refractivity contribution is -0.108. The Morgan fingerprint density at radius 1 is 1.33 bits per heavy atom. The van der Waals surface area contributed by atoms with Crippen molar-refractivity contribution in [3.63, 3.8) is 0 Å². The van der Waals surface area contributed by atoms with E-state index in [2.05, 4.69) is 36.3 Å². The molecule has 0 aromatic heterocycles. The Kier molecular flexibility index (Phi) is 4.14. The van der Waals surface area contributed by atoms with Crippen molar-refractivity contribution >= 4 is 6.03 Å². The predicted octanol–water partition coefficient (Wildman–Crippen LogP) is 1.58. The number of amides is 2. The fourth-order valence-electron chi connectivity index (χ4n) is 4.16. The first kappa shape index (κ1) is 15.1. The molecule has 0 aromatic carbocycles. The van der Waals surface area contributed by atoms with Crippen molar-refractivity contribution in [2.75, 3.05) is 26.2 Å². The minimum Gasteiger partial charge on any atom is -0.377 e. The van der Waals surface area contributed by atoms with E-state index in [1.807, 2.05) is 0 Å². The highest BCUT2D eigenvalue weighted by atomic mass is 16.5. The van der Waals surface area contributed by atoms with E-state index in [4.69, 9.17) is 4.74 Å². The molecule has 1 heterocycles. The highest BCUT2D eigenvalue weighted by Crippen LogP contribution is 2.51. The highest BCUT2D eigenvalue weighted by molar-refractivity contribution is 5.74. The molecule has 5 nitrogen and oxygen atoms in total. The summed E-state index contributed by atoms with van der Waals surface area (Å²) in [4.78, 5) is 14.5. The molecule has 2 aliphatic carbocycles. The normalized spacial score (nSPS) is 33.4. The summed E-state index contributed by atoms with van der Waals surface area (Å²) >= 11 is 0. The summed E-state index contributed by atoms with van der Waals surface area (Å²) in [6.45, 7) is 10.2. The van der Waals surface area contributed by atoms with E-state index in [9.17, 15) is 4.79 Å². The van der Waals surface area contributed by atoms with E-state index < -0.39 is 0 Å². The van der Waals surface area contributed by atoms with Gasteiger partial charge in [-0.25, -0.2) is 4.79 Å². The Balaban J connectivity index is 1.40. The molecule has 3 aliphatic rings. The lowest BCUT2D eigenvalue weighted by atomic mass is 9.57. The third kappa shape index (κ3) is 2.90. The number of carbonyl (C=O) groups is 1. The van der Waals surface area contributed by atoms with Gasteiger partial charge in [0.15, 0.2) is 0 Å². The minimum absolute atomic E-state index is 0.0229. The zero-order valence-electron chi connectivity index (χ0n) is 13.5. The summed E-state index contributed by atoms with van der Waals surface area (Å²) in [5.74, 6) is 0.504. The second-order valence-electron chi connectivity index (χ2n) is 7.30. The van der Waals surface area contributed by atoms with Crippen molar-refractivity contribution in [1.82, 2.24) is 15.5 Å². The standard InChI is InChI=1S/C16H29N3O2/c1-4-19(11-5-6-11)9-8-17-15(20)18-13-12-7-10-21-14(12)16(13,2)3/h11-14H,4-10H2,1-3H3,(H2,17,18,20)/t12-,13+,14-/m0/s1. The number of likely N-dealkylation sites (N-methyl/N-ethyl adjacent to an activating group) is 1. The van der Waals surface area contributed by atoms with Crippen molar-refractivity contribution < 1.29 is 9.53 Å². The van der Waals surface area contributed by atoms with Crippen LogP contribution in [0.3, 0.4) is 0 Å². The van der Waals surface area contributed by atoms with E-state index in [0.717, 1.165) is 38.7 Å². The van der Waals surface area contributed by atoms with E-state index in [-0.39, 0.29) is 17.5 Å². The SMILES string of the molecule is CCN(CCNC(=O)N[C@@H]1[C@@H]2CCO[C@@H]2C1(C)C)C1CC1. The van der Waals surface area contributed by atoms with Gasteiger partial charge in [0.2, 0.25) is 0 Å². The van der Waals surface area contributed by atoms with Gasteiger partial charge in [0.25, 0.3) is 0 Å². The van der Waals surface area contributed by atoms with Gasteiger partial charge >= 0.3 is 6.03 Å². The van der Waals surface area contributed by atoms with Gasteiger partial charge in [0.1, 0.15) is 0 Å². The van der Waals surface area contributed by atoms with E-state index in [1.54, 1.807) is 0 Å². The number of nitrogens with zero attached hydrogens (tertiary/aromatic N) is 1. The van der Waals surface area contributed by atoms with Gasteiger partial charge < -0.3 is 15.4 Å². The molecule has 1 saturated heterocycles. The molecular weight excluding hydrogens is 266 g/mol. The van der Waals surface area contributed by atoms with E-state index in [1.165, 1.54) is 12.8 Å². The molecule has 2 amide bonds. The average Bonchev–Trinajstić information content (AvgIpc) is 3.18. The lowest BCUT2D eigenvalue weighted by Gasteiger charge is -2.54. The van der Waals surface area contributed by atoms with Crippen LogP contribution in [0.5, 0.6) is 0 Å². The van der Waals surface area contributed by atoms with Crippen LogP contribution >= 0.6 is 0 Å². The lowest BCUT2D eigenvalue weighted by Crippen LogP contribution is -2.67. The van der Waals surface area contributed by atoms with E-state index >= 15 is 0 Å². The Bertz CT molecular complexity index is 395. The Hall–Kier alpha value is -0.810. The van der Waals surface area contributed by atoms with Crippen molar-refractivity contribution in [3.8, 4) is 0 Å². The van der Waals surface area contributed by atoms with Gasteiger partial charge in [-0.1, -0.05) is 20.8 Å². The minimum atomic E-state index is -0.0229. The van der Waals surface area contributed by atoms with Gasteiger partial charge in [-0.2, -0.15) is 0 Å². The molecule has 2 N–H and O–H groups in total. The van der Waals surface area contributed by atoms with E-state index in [0.29, 0.717) is 12.0 Å². The summed E-state index contributed by atoms with van der Waals surface area (Å²) in [7, 11) is 0. The third-order valence-corrected chi connectivity index (χ3v) is 5.54. The predicted molar refractivity (Wildman–Crippen MR) is 82.2 cm³/mol. The van der Waals surface area contributed by atoms with Crippen LogP contribution < -0.4 is 10.6 Å².